The second-order valence-electron chi connectivity index (χ2n) is 12.1. The van der Waals surface area contributed by atoms with Gasteiger partial charge in [-0.15, -0.1) is 11.3 Å². The van der Waals surface area contributed by atoms with E-state index in [9.17, 15) is 4.79 Å². The number of fused-ring (bicyclic) bond motifs is 1. The Hall–Kier alpha value is -2.85. The zero-order chi connectivity index (χ0) is 26.4. The summed E-state index contributed by atoms with van der Waals surface area (Å²) >= 11 is 1.75. The molecule has 0 radical (unpaired) electrons. The monoisotopic (exact) mass is 498 g/mol. The SMILES string of the molecule is CC1=CC(N=NC(=C2C=C(C(C)(C)C)C(=O)C(C(C)(C)C)=C2)c2sc(C)c3ccccc23)C(C)C=C1. The highest BCUT2D eigenvalue weighted by Crippen LogP contribution is 2.43. The number of hydrogen-bond acceptors (Lipinski definition) is 4. The average Bonchev–Trinajstić information content (AvgIpc) is 3.12. The molecule has 3 nitrogen and oxygen atoms in total. The molecule has 2 aliphatic carbocycles. The van der Waals surface area contributed by atoms with Crippen LogP contribution >= 0.6 is 11.3 Å². The van der Waals surface area contributed by atoms with Gasteiger partial charge in [0.1, 0.15) is 5.70 Å². The van der Waals surface area contributed by atoms with Crippen LogP contribution in [0.5, 0.6) is 0 Å². The highest BCUT2D eigenvalue weighted by atomic mass is 32.1. The van der Waals surface area contributed by atoms with Crippen LogP contribution in [-0.2, 0) is 4.79 Å². The van der Waals surface area contributed by atoms with Gasteiger partial charge in [-0.2, -0.15) is 10.2 Å². The van der Waals surface area contributed by atoms with Crippen molar-refractivity contribution in [3.63, 3.8) is 0 Å². The standard InChI is InChI=1S/C32H38N2OS/c1-19-14-15-20(2)27(16-19)33-34-28(30-24-13-11-10-12-23(24)21(3)36-30)22-17-25(31(4,5)6)29(35)26(18-22)32(7,8)9/h10-18,20,27H,1-9H3. The van der Waals surface area contributed by atoms with Crippen LogP contribution in [0.4, 0.5) is 0 Å². The molecule has 0 bridgehead atoms. The van der Waals surface area contributed by atoms with Crippen molar-refractivity contribution in [2.75, 3.05) is 0 Å². The van der Waals surface area contributed by atoms with Crippen molar-refractivity contribution in [2.45, 2.75) is 68.4 Å². The van der Waals surface area contributed by atoms with E-state index in [-0.39, 0.29) is 28.6 Å². The summed E-state index contributed by atoms with van der Waals surface area (Å²) in [5.74, 6) is 0.409. The van der Waals surface area contributed by atoms with Crippen molar-refractivity contribution in [3.05, 3.63) is 86.7 Å². The van der Waals surface area contributed by atoms with E-state index in [0.29, 0.717) is 0 Å². The quantitative estimate of drug-likeness (QED) is 0.389. The van der Waals surface area contributed by atoms with Gasteiger partial charge in [-0.25, -0.2) is 0 Å². The summed E-state index contributed by atoms with van der Waals surface area (Å²) in [6, 6.07) is 8.48. The second-order valence-corrected chi connectivity index (χ2v) is 13.3. The number of benzene rings is 1. The van der Waals surface area contributed by atoms with Gasteiger partial charge in [0, 0.05) is 32.9 Å². The van der Waals surface area contributed by atoms with Crippen LogP contribution in [0.1, 0.15) is 65.1 Å². The first kappa shape index (κ1) is 26.2. The van der Waals surface area contributed by atoms with Crippen LogP contribution < -0.4 is 0 Å². The van der Waals surface area contributed by atoms with E-state index < -0.39 is 0 Å². The minimum absolute atomic E-state index is 0.0136. The van der Waals surface area contributed by atoms with Gasteiger partial charge in [-0.3, -0.25) is 4.79 Å². The molecule has 188 valence electrons. The first-order valence-corrected chi connectivity index (χ1v) is 13.6. The molecule has 2 unspecified atom stereocenters. The minimum atomic E-state index is -0.286. The molecule has 4 heteroatoms. The summed E-state index contributed by atoms with van der Waals surface area (Å²) in [6.07, 6.45) is 10.6. The molecule has 1 heterocycles. The van der Waals surface area contributed by atoms with Crippen LogP contribution in [0, 0.1) is 23.7 Å². The Morgan fingerprint density at radius 1 is 0.917 bits per heavy atom. The van der Waals surface area contributed by atoms with Gasteiger partial charge in [0.25, 0.3) is 0 Å². The first-order valence-electron chi connectivity index (χ1n) is 12.8. The van der Waals surface area contributed by atoms with Crippen molar-refractivity contribution >= 4 is 33.6 Å². The van der Waals surface area contributed by atoms with E-state index in [1.54, 1.807) is 11.3 Å². The lowest BCUT2D eigenvalue weighted by Crippen LogP contribution is -2.28. The van der Waals surface area contributed by atoms with Gasteiger partial charge >= 0.3 is 0 Å². The molecule has 2 aliphatic rings. The molecule has 0 fully saturated rings. The highest BCUT2D eigenvalue weighted by molar-refractivity contribution is 7.14. The zero-order valence-corrected chi connectivity index (χ0v) is 23.9. The fraction of sp³-hybridized carbons (Fsp3) is 0.406. The number of carbonyl (C=O) groups excluding carboxylic acids is 1. The van der Waals surface area contributed by atoms with Crippen LogP contribution in [0.25, 0.3) is 16.5 Å². The van der Waals surface area contributed by atoms with Crippen molar-refractivity contribution < 1.29 is 4.79 Å². The first-order chi connectivity index (χ1) is 16.8. The van der Waals surface area contributed by atoms with E-state index >= 15 is 0 Å². The van der Waals surface area contributed by atoms with Gasteiger partial charge in [0.2, 0.25) is 0 Å². The average molecular weight is 499 g/mol. The zero-order valence-electron chi connectivity index (χ0n) is 23.1. The number of allylic oxidation sites excluding steroid dienone is 7. The van der Waals surface area contributed by atoms with Gasteiger partial charge in [0.05, 0.1) is 10.9 Å². The lowest BCUT2D eigenvalue weighted by molar-refractivity contribution is -0.114. The molecule has 0 aliphatic heterocycles. The minimum Gasteiger partial charge on any atom is -0.289 e. The molecule has 2 aromatic rings. The topological polar surface area (TPSA) is 41.8 Å². The van der Waals surface area contributed by atoms with Gasteiger partial charge in [-0.1, -0.05) is 96.5 Å². The summed E-state index contributed by atoms with van der Waals surface area (Å²) in [5.41, 5.74) is 4.07. The Bertz CT molecular complexity index is 1360. The number of hydrogen-bond donors (Lipinski definition) is 0. The van der Waals surface area contributed by atoms with E-state index in [1.165, 1.54) is 21.2 Å². The number of Topliss-reactive ketones (excluding diaryl/α,β-unsaturated/α-hetero) is 1. The molecule has 0 amide bonds. The number of nitrogens with zero attached hydrogens (tertiary/aromatic N) is 2. The van der Waals surface area contributed by atoms with Crippen LogP contribution in [-0.4, -0.2) is 11.8 Å². The Balaban J connectivity index is 2.02. The maximum atomic E-state index is 13.6. The number of thiophene rings is 1. The molecule has 1 aromatic heterocycles. The largest absolute Gasteiger partial charge is 0.289 e. The Morgan fingerprint density at radius 2 is 1.50 bits per heavy atom. The van der Waals surface area contributed by atoms with Crippen molar-refractivity contribution in [2.24, 2.45) is 27.0 Å². The third kappa shape index (κ3) is 5.15. The molecule has 2 atom stereocenters. The fourth-order valence-electron chi connectivity index (χ4n) is 4.70. The molecule has 4 rings (SSSR count). The molecular weight excluding hydrogens is 460 g/mol. The Morgan fingerprint density at radius 3 is 2.08 bits per heavy atom. The third-order valence-corrected chi connectivity index (χ3v) is 8.07. The number of carbonyl (C=O) groups is 1. The molecule has 0 saturated heterocycles. The number of azo groups is 1. The summed E-state index contributed by atoms with van der Waals surface area (Å²) in [7, 11) is 0. The van der Waals surface area contributed by atoms with Crippen LogP contribution in [0.3, 0.4) is 0 Å². The second kappa shape index (κ2) is 9.55. The molecule has 0 N–H and O–H groups in total. The molecule has 0 spiro atoms. The van der Waals surface area contributed by atoms with Gasteiger partial charge in [-0.05, 0) is 42.2 Å². The van der Waals surface area contributed by atoms with E-state index in [1.807, 2.05) is 0 Å². The van der Waals surface area contributed by atoms with E-state index in [2.05, 4.69) is 117 Å². The predicted octanol–water partition coefficient (Wildman–Crippen LogP) is 9.42. The molecular formula is C32H38N2OS. The van der Waals surface area contributed by atoms with E-state index in [0.717, 1.165) is 27.3 Å². The van der Waals surface area contributed by atoms with Crippen LogP contribution in [0.15, 0.2) is 87.2 Å². The smallest absolute Gasteiger partial charge is 0.186 e. The van der Waals surface area contributed by atoms with Crippen molar-refractivity contribution in [1.29, 1.82) is 0 Å². The Kier molecular flexibility index (Phi) is 6.96. The number of aryl methyl sites for hydroxylation is 1. The van der Waals surface area contributed by atoms with Crippen LogP contribution in [0.2, 0.25) is 0 Å². The van der Waals surface area contributed by atoms with E-state index in [4.69, 9.17) is 10.2 Å². The molecule has 1 aromatic carbocycles. The number of ketones is 1. The summed E-state index contributed by atoms with van der Waals surface area (Å²) in [5, 5.41) is 12.3. The molecule has 0 saturated carbocycles. The third-order valence-electron chi connectivity index (χ3n) is 6.93. The van der Waals surface area contributed by atoms with Crippen molar-refractivity contribution in [3.8, 4) is 0 Å². The maximum absolute atomic E-state index is 13.6. The number of rotatable bonds is 3. The maximum Gasteiger partial charge on any atom is 0.186 e. The predicted molar refractivity (Wildman–Crippen MR) is 154 cm³/mol. The van der Waals surface area contributed by atoms with Gasteiger partial charge < -0.3 is 0 Å². The fourth-order valence-corrected chi connectivity index (χ4v) is 5.84. The Labute approximate surface area is 220 Å². The summed E-state index contributed by atoms with van der Waals surface area (Å²) in [6.45, 7) is 19.1. The van der Waals surface area contributed by atoms with Gasteiger partial charge in [0.15, 0.2) is 5.78 Å². The summed E-state index contributed by atoms with van der Waals surface area (Å²) in [4.78, 5) is 16.0. The lowest BCUT2D eigenvalue weighted by atomic mass is 9.71. The normalized spacial score (nSPS) is 21.2. The highest BCUT2D eigenvalue weighted by Gasteiger charge is 2.35. The van der Waals surface area contributed by atoms with Crippen molar-refractivity contribution in [1.82, 2.24) is 0 Å². The summed E-state index contributed by atoms with van der Waals surface area (Å²) < 4.78 is 0. The molecule has 36 heavy (non-hydrogen) atoms. The lowest BCUT2D eigenvalue weighted by Gasteiger charge is -2.31.